The second kappa shape index (κ2) is 6.24. The number of benzene rings is 1. The number of phenolic OH excluding ortho intramolecular Hbond substituents is 1. The average Bonchev–Trinajstić information content (AvgIpc) is 2.81. The van der Waals surface area contributed by atoms with Crippen molar-refractivity contribution in [2.24, 2.45) is 11.7 Å². The lowest BCUT2D eigenvalue weighted by atomic mass is 9.91. The summed E-state index contributed by atoms with van der Waals surface area (Å²) in [6.07, 6.45) is 4.08. The van der Waals surface area contributed by atoms with Crippen LogP contribution in [0.15, 0.2) is 24.3 Å². The number of aliphatic hydroxyl groups is 1. The van der Waals surface area contributed by atoms with Crippen molar-refractivity contribution in [2.75, 3.05) is 0 Å². The van der Waals surface area contributed by atoms with Crippen molar-refractivity contribution in [1.82, 2.24) is 0 Å². The van der Waals surface area contributed by atoms with E-state index in [-0.39, 0.29) is 24.2 Å². The number of aromatic hydroxyl groups is 1. The van der Waals surface area contributed by atoms with E-state index in [1.165, 1.54) is 12.8 Å². The Morgan fingerprint density at radius 3 is 2.18 bits per heavy atom. The molecule has 0 heterocycles. The molecule has 1 saturated carbocycles. The highest BCUT2D eigenvalue weighted by Crippen LogP contribution is 2.32. The van der Waals surface area contributed by atoms with Gasteiger partial charge in [-0.3, -0.25) is 0 Å². The summed E-state index contributed by atoms with van der Waals surface area (Å²) >= 11 is 0. The highest BCUT2D eigenvalue weighted by Gasteiger charge is 2.28. The van der Waals surface area contributed by atoms with Crippen LogP contribution in [0.2, 0.25) is 0 Å². The summed E-state index contributed by atoms with van der Waals surface area (Å²) in [4.78, 5) is 0. The summed E-state index contributed by atoms with van der Waals surface area (Å²) in [5.74, 6) is 0.565. The van der Waals surface area contributed by atoms with E-state index in [9.17, 15) is 10.2 Å². The van der Waals surface area contributed by atoms with Crippen LogP contribution in [0.5, 0.6) is 5.75 Å². The van der Waals surface area contributed by atoms with E-state index in [0.717, 1.165) is 18.4 Å². The molecule has 0 radical (unpaired) electrons. The van der Waals surface area contributed by atoms with Gasteiger partial charge in [-0.25, -0.2) is 0 Å². The van der Waals surface area contributed by atoms with Gasteiger partial charge in [0.25, 0.3) is 0 Å². The molecule has 2 atom stereocenters. The third-order valence-corrected chi connectivity index (χ3v) is 3.53. The predicted octanol–water partition coefficient (Wildman–Crippen LogP) is 2.36. The molecule has 0 unspecified atom stereocenters. The molecule has 0 aliphatic heterocycles. The highest BCUT2D eigenvalue weighted by molar-refractivity contribution is 5.85. The Labute approximate surface area is 108 Å². The molecule has 1 fully saturated rings. The summed E-state index contributed by atoms with van der Waals surface area (Å²) < 4.78 is 0. The van der Waals surface area contributed by atoms with Gasteiger partial charge in [0.15, 0.2) is 0 Å². The van der Waals surface area contributed by atoms with Gasteiger partial charge in [-0.1, -0.05) is 25.0 Å². The van der Waals surface area contributed by atoms with Crippen LogP contribution in [0.25, 0.3) is 0 Å². The molecule has 1 aliphatic rings. The molecule has 0 saturated heterocycles. The quantitative estimate of drug-likeness (QED) is 0.779. The van der Waals surface area contributed by atoms with E-state index < -0.39 is 6.10 Å². The molecule has 1 aromatic carbocycles. The zero-order valence-corrected chi connectivity index (χ0v) is 10.6. The summed E-state index contributed by atoms with van der Waals surface area (Å²) in [5, 5.41) is 19.3. The first-order chi connectivity index (χ1) is 7.68. The average molecular weight is 258 g/mol. The van der Waals surface area contributed by atoms with Gasteiger partial charge in [-0.2, -0.15) is 0 Å². The maximum absolute atomic E-state index is 10.2. The van der Waals surface area contributed by atoms with Gasteiger partial charge >= 0.3 is 0 Å². The fourth-order valence-electron chi connectivity index (χ4n) is 2.49. The number of hydrogen-bond donors (Lipinski definition) is 3. The molecule has 0 spiro atoms. The van der Waals surface area contributed by atoms with E-state index in [1.54, 1.807) is 24.3 Å². The molecular formula is C13H20ClNO2. The standard InChI is InChI=1S/C13H19NO2.ClH/c14-12(9-5-7-11(15)8-6-9)13(16)10-3-1-2-4-10;/h5-8,10,12-13,15-16H,1-4,14H2;1H/t12-,13+;/m1./s1. The monoisotopic (exact) mass is 257 g/mol. The van der Waals surface area contributed by atoms with Gasteiger partial charge in [0.05, 0.1) is 12.1 Å². The van der Waals surface area contributed by atoms with Crippen molar-refractivity contribution >= 4 is 12.4 Å². The minimum absolute atomic E-state index is 0. The molecule has 4 N–H and O–H groups in total. The largest absolute Gasteiger partial charge is 0.508 e. The first-order valence-corrected chi connectivity index (χ1v) is 5.91. The molecule has 0 aromatic heterocycles. The van der Waals surface area contributed by atoms with Crippen LogP contribution < -0.4 is 5.73 Å². The van der Waals surface area contributed by atoms with Crippen molar-refractivity contribution in [3.05, 3.63) is 29.8 Å². The lowest BCUT2D eigenvalue weighted by Gasteiger charge is -2.24. The van der Waals surface area contributed by atoms with Crippen molar-refractivity contribution in [3.8, 4) is 5.75 Å². The minimum atomic E-state index is -0.466. The molecule has 4 heteroatoms. The van der Waals surface area contributed by atoms with E-state index in [2.05, 4.69) is 0 Å². The Morgan fingerprint density at radius 1 is 1.12 bits per heavy atom. The van der Waals surface area contributed by atoms with Gasteiger partial charge in [0.2, 0.25) is 0 Å². The van der Waals surface area contributed by atoms with Gasteiger partial charge in [0.1, 0.15) is 5.75 Å². The molecule has 17 heavy (non-hydrogen) atoms. The molecule has 3 nitrogen and oxygen atoms in total. The predicted molar refractivity (Wildman–Crippen MR) is 70.2 cm³/mol. The van der Waals surface area contributed by atoms with Crippen LogP contribution in [0.1, 0.15) is 37.3 Å². The van der Waals surface area contributed by atoms with Crippen LogP contribution in [0.3, 0.4) is 0 Å². The normalized spacial score (nSPS) is 19.6. The topological polar surface area (TPSA) is 66.5 Å². The molecule has 96 valence electrons. The van der Waals surface area contributed by atoms with Crippen molar-refractivity contribution in [1.29, 1.82) is 0 Å². The Balaban J connectivity index is 0.00000144. The second-order valence-electron chi connectivity index (χ2n) is 4.65. The van der Waals surface area contributed by atoms with Gasteiger partial charge < -0.3 is 15.9 Å². The van der Waals surface area contributed by atoms with E-state index >= 15 is 0 Å². The van der Waals surface area contributed by atoms with Crippen molar-refractivity contribution in [3.63, 3.8) is 0 Å². The smallest absolute Gasteiger partial charge is 0.115 e. The number of aliphatic hydroxyl groups excluding tert-OH is 1. The number of nitrogens with two attached hydrogens (primary N) is 1. The number of halogens is 1. The van der Waals surface area contributed by atoms with Crippen molar-refractivity contribution < 1.29 is 10.2 Å². The molecule has 1 aromatic rings. The third kappa shape index (κ3) is 3.35. The minimum Gasteiger partial charge on any atom is -0.508 e. The van der Waals surface area contributed by atoms with E-state index in [1.807, 2.05) is 0 Å². The second-order valence-corrected chi connectivity index (χ2v) is 4.65. The number of hydrogen-bond acceptors (Lipinski definition) is 3. The molecule has 2 rings (SSSR count). The van der Waals surface area contributed by atoms with Crippen LogP contribution in [-0.4, -0.2) is 16.3 Å². The summed E-state index contributed by atoms with van der Waals surface area (Å²) in [6.45, 7) is 0. The lowest BCUT2D eigenvalue weighted by molar-refractivity contribution is 0.0845. The van der Waals surface area contributed by atoms with Gasteiger partial charge in [-0.05, 0) is 36.5 Å². The Bertz CT molecular complexity index is 336. The SMILES string of the molecule is Cl.N[C@H](c1ccc(O)cc1)[C@@H](O)C1CCCC1. The van der Waals surface area contributed by atoms with E-state index in [4.69, 9.17) is 5.73 Å². The maximum Gasteiger partial charge on any atom is 0.115 e. The third-order valence-electron chi connectivity index (χ3n) is 3.53. The van der Waals surface area contributed by atoms with Gasteiger partial charge in [0, 0.05) is 0 Å². The van der Waals surface area contributed by atoms with Crippen LogP contribution >= 0.6 is 12.4 Å². The first kappa shape index (κ1) is 14.3. The summed E-state index contributed by atoms with van der Waals surface area (Å²) in [6, 6.07) is 6.42. The summed E-state index contributed by atoms with van der Waals surface area (Å²) in [5.41, 5.74) is 6.92. The van der Waals surface area contributed by atoms with Crippen molar-refractivity contribution in [2.45, 2.75) is 37.8 Å². The fourth-order valence-corrected chi connectivity index (χ4v) is 2.49. The zero-order valence-electron chi connectivity index (χ0n) is 9.75. The number of rotatable bonds is 3. The molecule has 1 aliphatic carbocycles. The van der Waals surface area contributed by atoms with Gasteiger partial charge in [-0.15, -0.1) is 12.4 Å². The van der Waals surface area contributed by atoms with Crippen LogP contribution in [0, 0.1) is 5.92 Å². The Hall–Kier alpha value is -0.770. The van der Waals surface area contributed by atoms with E-state index in [0.29, 0.717) is 5.92 Å². The summed E-state index contributed by atoms with van der Waals surface area (Å²) in [7, 11) is 0. The van der Waals surface area contributed by atoms with Crippen LogP contribution in [-0.2, 0) is 0 Å². The Morgan fingerprint density at radius 2 is 1.65 bits per heavy atom. The zero-order chi connectivity index (χ0) is 11.5. The first-order valence-electron chi connectivity index (χ1n) is 5.91. The molecular weight excluding hydrogens is 238 g/mol. The highest BCUT2D eigenvalue weighted by atomic mass is 35.5. The lowest BCUT2D eigenvalue weighted by Crippen LogP contribution is -2.31. The number of phenols is 1. The molecule has 0 amide bonds. The van der Waals surface area contributed by atoms with Crippen LogP contribution in [0.4, 0.5) is 0 Å². The molecule has 0 bridgehead atoms. The fraction of sp³-hybridized carbons (Fsp3) is 0.538. The Kier molecular flexibility index (Phi) is 5.25. The maximum atomic E-state index is 10.2.